The topological polar surface area (TPSA) is 189 Å². The molecule has 0 fully saturated rings. The number of nitrogens with zero attached hydrogens (tertiary/aromatic N) is 6. The fourth-order valence-corrected chi connectivity index (χ4v) is 4.45. The summed E-state index contributed by atoms with van der Waals surface area (Å²) in [6.45, 7) is 4.56. The van der Waals surface area contributed by atoms with Crippen molar-refractivity contribution in [3.05, 3.63) is 82.8 Å². The number of carbonyl (C=O) groups excluding carboxylic acids is 4. The number of hydrogen-bond donors (Lipinski definition) is 2. The molecule has 0 spiro atoms. The molecule has 4 rings (SSSR count). The van der Waals surface area contributed by atoms with E-state index >= 15 is 0 Å². The van der Waals surface area contributed by atoms with Crippen LogP contribution in [0.1, 0.15) is 39.4 Å². The van der Waals surface area contributed by atoms with E-state index in [9.17, 15) is 32.8 Å². The van der Waals surface area contributed by atoms with Crippen LogP contribution in [0.4, 0.5) is 24.1 Å². The minimum atomic E-state index is -1.15. The summed E-state index contributed by atoms with van der Waals surface area (Å²) in [4.78, 5) is 78.1. The van der Waals surface area contributed by atoms with E-state index in [1.165, 1.54) is 29.3 Å². The molecule has 0 saturated heterocycles. The monoisotopic (exact) mass is 710 g/mol. The zero-order chi connectivity index (χ0) is 37.5. The van der Waals surface area contributed by atoms with E-state index in [1.807, 2.05) is 0 Å². The molecule has 0 radical (unpaired) electrons. The fourth-order valence-electron chi connectivity index (χ4n) is 4.45. The van der Waals surface area contributed by atoms with Gasteiger partial charge in [-0.2, -0.15) is 4.98 Å². The molecule has 4 aromatic rings. The minimum absolute atomic E-state index is 0.0618. The highest BCUT2D eigenvalue weighted by molar-refractivity contribution is 5.96. The Morgan fingerprint density at radius 2 is 1.84 bits per heavy atom. The Kier molecular flexibility index (Phi) is 11.8. The van der Waals surface area contributed by atoms with Gasteiger partial charge in [0.25, 0.3) is 11.4 Å². The number of hydrogen-bond acceptors (Lipinski definition) is 11. The molecule has 0 aliphatic carbocycles. The Labute approximate surface area is 290 Å². The molecule has 0 aliphatic heterocycles. The van der Waals surface area contributed by atoms with Crippen molar-refractivity contribution >= 4 is 40.9 Å². The molecule has 0 saturated carbocycles. The number of imidazole rings is 1. The molecule has 0 unspecified atom stereocenters. The summed E-state index contributed by atoms with van der Waals surface area (Å²) in [5.74, 6) is -3.56. The standard InChI is InChI=1S/C33H36F2N8O8/c1-33(2,3)51-32(48)43-24(40-26-27(43)36-18-37-29(26)50-23-14-13-19(34)16-20(23)35)17-42-15-9-11-22(30(42)46)38-28(45)21(39-31(47)49-6)10-7-8-12-25(44)41(4)5/h8-9,11-16,18,21H,7,10,17H2,1-6H3,(H,38,45)(H,39,47)/b12-8+/t21-/m0/s1. The van der Waals surface area contributed by atoms with Gasteiger partial charge >= 0.3 is 12.2 Å². The number of allylic oxidation sites excluding steroid dienone is 1. The van der Waals surface area contributed by atoms with Crippen molar-refractivity contribution in [2.24, 2.45) is 0 Å². The van der Waals surface area contributed by atoms with E-state index in [4.69, 9.17) is 9.47 Å². The number of aromatic nitrogens is 5. The van der Waals surface area contributed by atoms with Crippen LogP contribution in [0.2, 0.25) is 0 Å². The second kappa shape index (κ2) is 16.0. The van der Waals surface area contributed by atoms with Gasteiger partial charge in [0.15, 0.2) is 22.7 Å². The van der Waals surface area contributed by atoms with Crippen molar-refractivity contribution in [1.82, 2.24) is 34.3 Å². The second-order valence-corrected chi connectivity index (χ2v) is 12.1. The summed E-state index contributed by atoms with van der Waals surface area (Å²) in [6, 6.07) is 4.31. The van der Waals surface area contributed by atoms with Gasteiger partial charge in [0.1, 0.15) is 35.3 Å². The third kappa shape index (κ3) is 9.71. The van der Waals surface area contributed by atoms with E-state index in [0.717, 1.165) is 34.7 Å². The number of halogens is 2. The van der Waals surface area contributed by atoms with Crippen molar-refractivity contribution in [3.8, 4) is 11.6 Å². The van der Waals surface area contributed by atoms with Crippen LogP contribution in [-0.4, -0.2) is 85.8 Å². The number of alkyl carbamates (subject to hydrolysis) is 1. The normalized spacial score (nSPS) is 12.0. The first kappa shape index (κ1) is 37.6. The molecule has 51 heavy (non-hydrogen) atoms. The lowest BCUT2D eigenvalue weighted by atomic mass is 10.1. The number of fused-ring (bicyclic) bond motifs is 1. The molecule has 0 bridgehead atoms. The van der Waals surface area contributed by atoms with E-state index in [2.05, 4.69) is 30.3 Å². The predicted molar refractivity (Wildman–Crippen MR) is 178 cm³/mol. The van der Waals surface area contributed by atoms with E-state index in [-0.39, 0.29) is 59.6 Å². The summed E-state index contributed by atoms with van der Waals surface area (Å²) in [6.07, 6.45) is 3.79. The smallest absolute Gasteiger partial charge is 0.421 e. The van der Waals surface area contributed by atoms with Gasteiger partial charge in [-0.25, -0.2) is 32.9 Å². The Morgan fingerprint density at radius 1 is 1.10 bits per heavy atom. The van der Waals surface area contributed by atoms with Crippen LogP contribution >= 0.6 is 0 Å². The third-order valence-corrected chi connectivity index (χ3v) is 6.86. The summed E-state index contributed by atoms with van der Waals surface area (Å²) >= 11 is 0. The molecule has 3 amide bonds. The first-order valence-electron chi connectivity index (χ1n) is 15.4. The van der Waals surface area contributed by atoms with E-state index in [1.54, 1.807) is 40.9 Å². The van der Waals surface area contributed by atoms with Crippen molar-refractivity contribution in [2.45, 2.75) is 51.8 Å². The number of amides is 3. The van der Waals surface area contributed by atoms with Crippen molar-refractivity contribution in [1.29, 1.82) is 0 Å². The number of carbonyl (C=O) groups is 4. The van der Waals surface area contributed by atoms with Gasteiger partial charge in [-0.05, 0) is 64.0 Å². The van der Waals surface area contributed by atoms with Crippen LogP contribution in [-0.2, 0) is 25.6 Å². The fraction of sp³-hybridized carbons (Fsp3) is 0.333. The molecule has 0 aliphatic rings. The zero-order valence-electron chi connectivity index (χ0n) is 28.6. The molecule has 16 nitrogen and oxygen atoms in total. The number of ether oxygens (including phenoxy) is 3. The molecule has 3 heterocycles. The molecular formula is C33H36F2N8O8. The van der Waals surface area contributed by atoms with Gasteiger partial charge in [0.05, 0.1) is 13.7 Å². The van der Waals surface area contributed by atoms with E-state index in [0.29, 0.717) is 6.07 Å². The molecule has 2 N–H and O–H groups in total. The van der Waals surface area contributed by atoms with E-state index < -0.39 is 46.9 Å². The van der Waals surface area contributed by atoms with Crippen LogP contribution in [0, 0.1) is 11.6 Å². The molecule has 270 valence electrons. The average molecular weight is 711 g/mol. The number of rotatable bonds is 11. The largest absolute Gasteiger partial charge is 0.453 e. The number of benzene rings is 1. The Morgan fingerprint density at radius 3 is 2.51 bits per heavy atom. The maximum absolute atomic E-state index is 14.4. The highest BCUT2D eigenvalue weighted by atomic mass is 19.1. The molecular weight excluding hydrogens is 674 g/mol. The van der Waals surface area contributed by atoms with Crippen molar-refractivity contribution < 1.29 is 42.2 Å². The van der Waals surface area contributed by atoms with Crippen molar-refractivity contribution in [3.63, 3.8) is 0 Å². The SMILES string of the molecule is COC(=O)N[C@@H](CC/C=C/C(=O)N(C)C)C(=O)Nc1cccn(Cc2nc3c(Oc4ccc(F)cc4F)ncnc3n2C(=O)OC(C)(C)C)c1=O. The van der Waals surface area contributed by atoms with Crippen LogP contribution in [0.15, 0.2) is 59.8 Å². The highest BCUT2D eigenvalue weighted by Crippen LogP contribution is 2.29. The average Bonchev–Trinajstić information content (AvgIpc) is 3.43. The molecule has 1 aromatic carbocycles. The summed E-state index contributed by atoms with van der Waals surface area (Å²) in [5, 5.41) is 4.92. The van der Waals surface area contributed by atoms with Gasteiger partial charge in [-0.3, -0.25) is 14.4 Å². The Bertz CT molecular complexity index is 2040. The number of anilines is 1. The number of pyridine rings is 1. The Balaban J connectivity index is 1.67. The van der Waals surface area contributed by atoms with Gasteiger partial charge in [-0.15, -0.1) is 0 Å². The first-order valence-corrected chi connectivity index (χ1v) is 15.4. The molecule has 3 aromatic heterocycles. The summed E-state index contributed by atoms with van der Waals surface area (Å²) in [7, 11) is 4.29. The second-order valence-electron chi connectivity index (χ2n) is 12.1. The van der Waals surface area contributed by atoms with Crippen molar-refractivity contribution in [2.75, 3.05) is 26.5 Å². The van der Waals surface area contributed by atoms with Gasteiger partial charge in [-0.1, -0.05) is 6.08 Å². The maximum Gasteiger partial charge on any atom is 0.421 e. The lowest BCUT2D eigenvalue weighted by molar-refractivity contribution is -0.123. The third-order valence-electron chi connectivity index (χ3n) is 6.86. The van der Waals surface area contributed by atoms with Crippen LogP contribution in [0.3, 0.4) is 0 Å². The minimum Gasteiger partial charge on any atom is -0.453 e. The molecule has 1 atom stereocenters. The highest BCUT2D eigenvalue weighted by Gasteiger charge is 2.27. The first-order chi connectivity index (χ1) is 24.1. The maximum atomic E-state index is 14.4. The Hall–Kier alpha value is -6.20. The number of likely N-dealkylation sites (N-methyl/N-ethyl adjacent to an activating group) is 1. The number of methoxy groups -OCH3 is 1. The number of nitrogens with one attached hydrogen (secondary N) is 2. The molecule has 18 heteroatoms. The predicted octanol–water partition coefficient (Wildman–Crippen LogP) is 3.98. The van der Waals surface area contributed by atoms with Crippen LogP contribution in [0.25, 0.3) is 11.2 Å². The van der Waals surface area contributed by atoms with Gasteiger partial charge < -0.3 is 34.3 Å². The summed E-state index contributed by atoms with van der Waals surface area (Å²) in [5.41, 5.74) is -2.03. The van der Waals surface area contributed by atoms with Gasteiger partial charge in [0, 0.05) is 26.4 Å². The lowest BCUT2D eigenvalue weighted by Crippen LogP contribution is -2.44. The van der Waals surface area contributed by atoms with Gasteiger partial charge in [0.2, 0.25) is 11.8 Å². The lowest BCUT2D eigenvalue weighted by Gasteiger charge is -2.20. The summed E-state index contributed by atoms with van der Waals surface area (Å²) < 4.78 is 45.8. The van der Waals surface area contributed by atoms with Crippen LogP contribution < -0.4 is 20.9 Å². The quantitative estimate of drug-likeness (QED) is 0.214. The zero-order valence-corrected chi connectivity index (χ0v) is 28.6. The van der Waals surface area contributed by atoms with Crippen LogP contribution in [0.5, 0.6) is 11.6 Å².